The summed E-state index contributed by atoms with van der Waals surface area (Å²) in [6, 6.07) is 10.6. The Kier molecular flexibility index (Phi) is 4.88. The maximum absolute atomic E-state index is 12.4. The number of nitrogens with zero attached hydrogens (tertiary/aromatic N) is 1. The molecule has 1 aromatic heterocycles. The number of nitrogens with one attached hydrogen (secondary N) is 1. The second-order valence-electron chi connectivity index (χ2n) is 7.21. The van der Waals surface area contributed by atoms with E-state index in [0.29, 0.717) is 13.0 Å². The van der Waals surface area contributed by atoms with Crippen molar-refractivity contribution in [3.63, 3.8) is 0 Å². The van der Waals surface area contributed by atoms with Crippen molar-refractivity contribution < 1.29 is 9.21 Å². The van der Waals surface area contributed by atoms with Gasteiger partial charge in [-0.05, 0) is 74.0 Å². The average molecular weight is 338 g/mol. The SMILES string of the molecule is O=C(Cc1ccc2c(c1)CCC2)NC[C@@H](c1ccco1)N1CCCC1. The van der Waals surface area contributed by atoms with E-state index in [-0.39, 0.29) is 11.9 Å². The number of carbonyl (C=O) groups excluding carboxylic acids is 1. The lowest BCUT2D eigenvalue weighted by Gasteiger charge is -2.26. The minimum Gasteiger partial charge on any atom is -0.468 e. The monoisotopic (exact) mass is 338 g/mol. The number of benzene rings is 1. The topological polar surface area (TPSA) is 45.5 Å². The smallest absolute Gasteiger partial charge is 0.224 e. The van der Waals surface area contributed by atoms with Crippen molar-refractivity contribution in [3.05, 3.63) is 59.0 Å². The van der Waals surface area contributed by atoms with E-state index < -0.39 is 0 Å². The van der Waals surface area contributed by atoms with E-state index in [1.54, 1.807) is 6.26 Å². The first-order chi connectivity index (χ1) is 12.3. The number of rotatable bonds is 6. The zero-order chi connectivity index (χ0) is 17.1. The highest BCUT2D eigenvalue weighted by atomic mass is 16.3. The molecular weight excluding hydrogens is 312 g/mol. The molecule has 4 nitrogen and oxygen atoms in total. The molecule has 2 heterocycles. The maximum atomic E-state index is 12.4. The molecule has 0 spiro atoms. The number of aryl methyl sites for hydroxylation is 2. The van der Waals surface area contributed by atoms with Crippen molar-refractivity contribution in [2.75, 3.05) is 19.6 Å². The van der Waals surface area contributed by atoms with Crippen LogP contribution in [-0.4, -0.2) is 30.4 Å². The van der Waals surface area contributed by atoms with Crippen LogP contribution in [0.5, 0.6) is 0 Å². The molecule has 132 valence electrons. The van der Waals surface area contributed by atoms with Gasteiger partial charge in [-0.15, -0.1) is 0 Å². The quantitative estimate of drug-likeness (QED) is 0.879. The molecule has 0 radical (unpaired) electrons. The Morgan fingerprint density at radius 2 is 1.96 bits per heavy atom. The normalized spacial score (nSPS) is 18.2. The van der Waals surface area contributed by atoms with Crippen LogP contribution in [-0.2, 0) is 24.1 Å². The van der Waals surface area contributed by atoms with E-state index in [1.165, 1.54) is 36.8 Å². The third-order valence-corrected chi connectivity index (χ3v) is 5.47. The number of amides is 1. The van der Waals surface area contributed by atoms with Gasteiger partial charge < -0.3 is 9.73 Å². The van der Waals surface area contributed by atoms with Gasteiger partial charge >= 0.3 is 0 Å². The van der Waals surface area contributed by atoms with Crippen molar-refractivity contribution in [2.24, 2.45) is 0 Å². The Morgan fingerprint density at radius 3 is 2.76 bits per heavy atom. The lowest BCUT2D eigenvalue weighted by molar-refractivity contribution is -0.120. The predicted octanol–water partition coefficient (Wildman–Crippen LogP) is 3.26. The minimum atomic E-state index is 0.0914. The van der Waals surface area contributed by atoms with Gasteiger partial charge in [0, 0.05) is 6.54 Å². The van der Waals surface area contributed by atoms with Crippen LogP contribution in [0, 0.1) is 0 Å². The molecule has 1 atom stereocenters. The zero-order valence-corrected chi connectivity index (χ0v) is 14.7. The summed E-state index contributed by atoms with van der Waals surface area (Å²) >= 11 is 0. The highest BCUT2D eigenvalue weighted by Crippen LogP contribution is 2.25. The number of furan rings is 1. The second-order valence-corrected chi connectivity index (χ2v) is 7.21. The van der Waals surface area contributed by atoms with Crippen LogP contribution in [0.4, 0.5) is 0 Å². The van der Waals surface area contributed by atoms with Crippen LogP contribution < -0.4 is 5.32 Å². The molecule has 1 aliphatic carbocycles. The predicted molar refractivity (Wildman–Crippen MR) is 97.4 cm³/mol. The van der Waals surface area contributed by atoms with Gasteiger partial charge in [0.1, 0.15) is 5.76 Å². The molecule has 1 aromatic carbocycles. The van der Waals surface area contributed by atoms with Gasteiger partial charge in [0.2, 0.25) is 5.91 Å². The van der Waals surface area contributed by atoms with E-state index in [0.717, 1.165) is 30.8 Å². The summed E-state index contributed by atoms with van der Waals surface area (Å²) in [4.78, 5) is 14.9. The van der Waals surface area contributed by atoms with Crippen LogP contribution in [0.15, 0.2) is 41.0 Å². The summed E-state index contributed by atoms with van der Waals surface area (Å²) in [7, 11) is 0. The van der Waals surface area contributed by atoms with E-state index in [4.69, 9.17) is 4.42 Å². The Labute approximate surface area is 149 Å². The maximum Gasteiger partial charge on any atom is 0.224 e. The number of carbonyl (C=O) groups is 1. The van der Waals surface area contributed by atoms with Gasteiger partial charge in [0.25, 0.3) is 0 Å². The first kappa shape index (κ1) is 16.4. The Morgan fingerprint density at radius 1 is 1.12 bits per heavy atom. The molecule has 1 N–H and O–H groups in total. The Hall–Kier alpha value is -2.07. The van der Waals surface area contributed by atoms with E-state index in [9.17, 15) is 4.79 Å². The molecule has 1 amide bonds. The van der Waals surface area contributed by atoms with Crippen molar-refractivity contribution in [3.8, 4) is 0 Å². The molecule has 2 aromatic rings. The van der Waals surface area contributed by atoms with Gasteiger partial charge in [-0.3, -0.25) is 9.69 Å². The number of fused-ring (bicyclic) bond motifs is 1. The summed E-state index contributed by atoms with van der Waals surface area (Å²) < 4.78 is 5.62. The third kappa shape index (κ3) is 3.79. The fourth-order valence-electron chi connectivity index (χ4n) is 4.14. The number of likely N-dealkylation sites (tertiary alicyclic amines) is 1. The summed E-state index contributed by atoms with van der Waals surface area (Å²) in [6.45, 7) is 2.76. The number of hydrogen-bond acceptors (Lipinski definition) is 3. The van der Waals surface area contributed by atoms with Crippen molar-refractivity contribution in [1.82, 2.24) is 10.2 Å². The van der Waals surface area contributed by atoms with Crippen molar-refractivity contribution in [1.29, 1.82) is 0 Å². The summed E-state index contributed by atoms with van der Waals surface area (Å²) in [5.74, 6) is 1.04. The largest absolute Gasteiger partial charge is 0.468 e. The molecule has 0 bridgehead atoms. The average Bonchev–Trinajstić information content (AvgIpc) is 3.37. The van der Waals surface area contributed by atoms with E-state index >= 15 is 0 Å². The summed E-state index contributed by atoms with van der Waals surface area (Å²) in [5.41, 5.74) is 4.00. The molecule has 2 aliphatic rings. The molecular formula is C21H26N2O2. The highest BCUT2D eigenvalue weighted by Gasteiger charge is 2.26. The lowest BCUT2D eigenvalue weighted by Crippen LogP contribution is -2.37. The molecule has 0 saturated carbocycles. The molecule has 0 unspecified atom stereocenters. The van der Waals surface area contributed by atoms with Gasteiger partial charge in [0.15, 0.2) is 0 Å². The van der Waals surface area contributed by atoms with Gasteiger partial charge in [-0.2, -0.15) is 0 Å². The van der Waals surface area contributed by atoms with Gasteiger partial charge in [-0.25, -0.2) is 0 Å². The molecule has 1 saturated heterocycles. The first-order valence-corrected chi connectivity index (χ1v) is 9.44. The highest BCUT2D eigenvalue weighted by molar-refractivity contribution is 5.78. The third-order valence-electron chi connectivity index (χ3n) is 5.47. The first-order valence-electron chi connectivity index (χ1n) is 9.44. The minimum absolute atomic E-state index is 0.0914. The molecule has 4 rings (SSSR count). The zero-order valence-electron chi connectivity index (χ0n) is 14.7. The molecule has 25 heavy (non-hydrogen) atoms. The van der Waals surface area contributed by atoms with E-state index in [1.807, 2.05) is 12.1 Å². The molecule has 4 heteroatoms. The number of hydrogen-bond donors (Lipinski definition) is 1. The van der Waals surface area contributed by atoms with Crippen LogP contribution in [0.25, 0.3) is 0 Å². The fourth-order valence-corrected chi connectivity index (χ4v) is 4.14. The second kappa shape index (κ2) is 7.44. The van der Waals surface area contributed by atoms with Crippen molar-refractivity contribution in [2.45, 2.75) is 44.6 Å². The molecule has 1 aliphatic heterocycles. The van der Waals surface area contributed by atoms with Gasteiger partial charge in [-0.1, -0.05) is 18.2 Å². The summed E-state index contributed by atoms with van der Waals surface area (Å²) in [6.07, 6.45) is 8.19. The Balaban J connectivity index is 1.36. The van der Waals surface area contributed by atoms with Gasteiger partial charge in [0.05, 0.1) is 18.7 Å². The standard InChI is InChI=1S/C21H26N2O2/c24-21(14-16-8-9-17-5-3-6-18(17)13-16)22-15-19(20-7-4-12-25-20)23-10-1-2-11-23/h4,7-9,12-13,19H,1-3,5-6,10-11,14-15H2,(H,22,24)/t19-/m0/s1. The lowest BCUT2D eigenvalue weighted by atomic mass is 10.0. The fraction of sp³-hybridized carbons (Fsp3) is 0.476. The van der Waals surface area contributed by atoms with Crippen LogP contribution in [0.2, 0.25) is 0 Å². The summed E-state index contributed by atoms with van der Waals surface area (Å²) in [5, 5.41) is 3.12. The van der Waals surface area contributed by atoms with Crippen LogP contribution in [0.1, 0.15) is 47.8 Å². The van der Waals surface area contributed by atoms with Crippen LogP contribution >= 0.6 is 0 Å². The Bertz CT molecular complexity index is 718. The van der Waals surface area contributed by atoms with Crippen LogP contribution in [0.3, 0.4) is 0 Å². The van der Waals surface area contributed by atoms with Crippen molar-refractivity contribution >= 4 is 5.91 Å². The molecule has 1 fully saturated rings. The van der Waals surface area contributed by atoms with E-state index in [2.05, 4.69) is 28.4 Å².